The molecule has 6 heteroatoms. The number of piperidine rings is 1. The third-order valence-electron chi connectivity index (χ3n) is 3.64. The van der Waals surface area contributed by atoms with Crippen LogP contribution >= 0.6 is 0 Å². The van der Waals surface area contributed by atoms with Gasteiger partial charge in [-0.25, -0.2) is 8.42 Å². The van der Waals surface area contributed by atoms with E-state index < -0.39 is 9.84 Å². The summed E-state index contributed by atoms with van der Waals surface area (Å²) < 4.78 is 22.9. The Morgan fingerprint density at radius 2 is 1.94 bits per heavy atom. The Morgan fingerprint density at radius 3 is 2.53 bits per heavy atom. The molecule has 1 N–H and O–H groups in total. The number of nitrogens with one attached hydrogen (secondary N) is 1. The summed E-state index contributed by atoms with van der Waals surface area (Å²) >= 11 is 0. The van der Waals surface area contributed by atoms with E-state index in [1.165, 1.54) is 0 Å². The van der Waals surface area contributed by atoms with E-state index in [1.807, 2.05) is 6.92 Å². The summed E-state index contributed by atoms with van der Waals surface area (Å²) in [6.45, 7) is 3.97. The average Bonchev–Trinajstić information content (AvgIpc) is 2.28. The van der Waals surface area contributed by atoms with E-state index >= 15 is 0 Å². The zero-order valence-electron chi connectivity index (χ0n) is 10.2. The fraction of sp³-hybridized carbons (Fsp3) is 0.909. The Hall–Kier alpha value is -0.620. The summed E-state index contributed by atoms with van der Waals surface area (Å²) in [6, 6.07) is -0.170. The van der Waals surface area contributed by atoms with Gasteiger partial charge in [-0.3, -0.25) is 4.79 Å². The molecule has 0 aromatic rings. The van der Waals surface area contributed by atoms with Crippen LogP contribution in [0.5, 0.6) is 0 Å². The van der Waals surface area contributed by atoms with E-state index in [0.717, 1.165) is 25.9 Å². The molecule has 2 aliphatic rings. The van der Waals surface area contributed by atoms with E-state index in [1.54, 1.807) is 4.90 Å². The standard InChI is InChI=1S/C11H20N2O3S/c1-9-8-17(15,16)7-6-13(9)11(14)10-2-4-12-5-3-10/h9-10,12H,2-8H2,1H3. The molecule has 0 radical (unpaired) electrons. The number of carbonyl (C=O) groups excluding carboxylic acids is 1. The molecule has 2 heterocycles. The molecule has 0 aromatic heterocycles. The Morgan fingerprint density at radius 1 is 1.29 bits per heavy atom. The Labute approximate surface area is 102 Å². The van der Waals surface area contributed by atoms with Gasteiger partial charge in [-0.05, 0) is 32.9 Å². The normalized spacial score (nSPS) is 30.2. The molecule has 17 heavy (non-hydrogen) atoms. The quantitative estimate of drug-likeness (QED) is 0.698. The lowest BCUT2D eigenvalue weighted by Crippen LogP contribution is -2.52. The predicted octanol–water partition coefficient (Wildman–Crippen LogP) is -0.368. The fourth-order valence-corrected chi connectivity index (χ4v) is 4.19. The maximum atomic E-state index is 12.3. The van der Waals surface area contributed by atoms with E-state index in [0.29, 0.717) is 6.54 Å². The number of rotatable bonds is 1. The first-order valence-electron chi connectivity index (χ1n) is 6.21. The molecule has 2 rings (SSSR count). The number of hydrogen-bond donors (Lipinski definition) is 1. The summed E-state index contributed by atoms with van der Waals surface area (Å²) in [6.07, 6.45) is 1.74. The SMILES string of the molecule is CC1CS(=O)(=O)CCN1C(=O)C1CCNCC1. The first-order valence-corrected chi connectivity index (χ1v) is 8.03. The van der Waals surface area contributed by atoms with Gasteiger partial charge in [0.05, 0.1) is 11.5 Å². The minimum atomic E-state index is -2.94. The van der Waals surface area contributed by atoms with Crippen molar-refractivity contribution in [1.29, 1.82) is 0 Å². The average molecular weight is 260 g/mol. The zero-order chi connectivity index (χ0) is 12.5. The Kier molecular flexibility index (Phi) is 3.73. The molecule has 5 nitrogen and oxygen atoms in total. The van der Waals surface area contributed by atoms with Crippen LogP contribution < -0.4 is 5.32 Å². The Bertz CT molecular complexity index is 388. The van der Waals surface area contributed by atoms with Crippen LogP contribution in [0.4, 0.5) is 0 Å². The second kappa shape index (κ2) is 4.94. The second-order valence-corrected chi connectivity index (χ2v) is 7.25. The summed E-state index contributed by atoms with van der Waals surface area (Å²) in [5.74, 6) is 0.464. The van der Waals surface area contributed by atoms with E-state index in [9.17, 15) is 13.2 Å². The topological polar surface area (TPSA) is 66.5 Å². The lowest BCUT2D eigenvalue weighted by Gasteiger charge is -2.36. The molecule has 1 amide bonds. The van der Waals surface area contributed by atoms with Crippen molar-refractivity contribution < 1.29 is 13.2 Å². The molecule has 0 bridgehead atoms. The molecule has 1 atom stereocenters. The van der Waals surface area contributed by atoms with Gasteiger partial charge in [-0.1, -0.05) is 0 Å². The molecular formula is C11H20N2O3S. The minimum absolute atomic E-state index is 0.0829. The predicted molar refractivity (Wildman–Crippen MR) is 65.4 cm³/mol. The first kappa shape index (κ1) is 12.8. The van der Waals surface area contributed by atoms with Gasteiger partial charge in [-0.2, -0.15) is 0 Å². The second-order valence-electron chi connectivity index (χ2n) is 5.02. The number of hydrogen-bond acceptors (Lipinski definition) is 4. The monoisotopic (exact) mass is 260 g/mol. The van der Waals surface area contributed by atoms with Crippen LogP contribution in [0.2, 0.25) is 0 Å². The fourth-order valence-electron chi connectivity index (χ4n) is 2.63. The van der Waals surface area contributed by atoms with Crippen LogP contribution in [0.3, 0.4) is 0 Å². The molecule has 0 saturated carbocycles. The van der Waals surface area contributed by atoms with Gasteiger partial charge < -0.3 is 10.2 Å². The lowest BCUT2D eigenvalue weighted by molar-refractivity contribution is -0.137. The van der Waals surface area contributed by atoms with Crippen molar-refractivity contribution in [3.63, 3.8) is 0 Å². The number of nitrogens with zero attached hydrogens (tertiary/aromatic N) is 1. The van der Waals surface area contributed by atoms with Crippen molar-refractivity contribution in [3.05, 3.63) is 0 Å². The number of sulfone groups is 1. The van der Waals surface area contributed by atoms with Gasteiger partial charge in [-0.15, -0.1) is 0 Å². The number of carbonyl (C=O) groups is 1. The highest BCUT2D eigenvalue weighted by Crippen LogP contribution is 2.20. The molecular weight excluding hydrogens is 240 g/mol. The van der Waals surface area contributed by atoms with Crippen LogP contribution in [0.25, 0.3) is 0 Å². The maximum Gasteiger partial charge on any atom is 0.226 e. The largest absolute Gasteiger partial charge is 0.338 e. The zero-order valence-corrected chi connectivity index (χ0v) is 11.0. The van der Waals surface area contributed by atoms with Crippen molar-refractivity contribution in [3.8, 4) is 0 Å². The minimum Gasteiger partial charge on any atom is -0.338 e. The Balaban J connectivity index is 2.00. The van der Waals surface area contributed by atoms with Gasteiger partial charge >= 0.3 is 0 Å². The van der Waals surface area contributed by atoms with Crippen LogP contribution in [0.1, 0.15) is 19.8 Å². The van der Waals surface area contributed by atoms with Crippen molar-refractivity contribution in [2.75, 3.05) is 31.1 Å². The van der Waals surface area contributed by atoms with E-state index in [2.05, 4.69) is 5.32 Å². The summed E-state index contributed by atoms with van der Waals surface area (Å²) in [5.41, 5.74) is 0. The van der Waals surface area contributed by atoms with Gasteiger partial charge in [0.15, 0.2) is 9.84 Å². The van der Waals surface area contributed by atoms with Gasteiger partial charge in [0.2, 0.25) is 5.91 Å². The summed E-state index contributed by atoms with van der Waals surface area (Å²) in [4.78, 5) is 14.0. The van der Waals surface area contributed by atoms with Crippen LogP contribution in [0, 0.1) is 5.92 Å². The molecule has 1 unspecified atom stereocenters. The van der Waals surface area contributed by atoms with Crippen molar-refractivity contribution >= 4 is 15.7 Å². The van der Waals surface area contributed by atoms with Crippen LogP contribution in [-0.2, 0) is 14.6 Å². The molecule has 2 fully saturated rings. The van der Waals surface area contributed by atoms with Gasteiger partial charge in [0.25, 0.3) is 0 Å². The highest BCUT2D eigenvalue weighted by atomic mass is 32.2. The lowest BCUT2D eigenvalue weighted by atomic mass is 9.96. The van der Waals surface area contributed by atoms with Crippen LogP contribution in [0.15, 0.2) is 0 Å². The van der Waals surface area contributed by atoms with Crippen molar-refractivity contribution in [2.45, 2.75) is 25.8 Å². The third kappa shape index (κ3) is 2.98. The maximum absolute atomic E-state index is 12.3. The molecule has 0 aromatic carbocycles. The van der Waals surface area contributed by atoms with Gasteiger partial charge in [0.1, 0.15) is 0 Å². The van der Waals surface area contributed by atoms with E-state index in [-0.39, 0.29) is 29.4 Å². The highest BCUT2D eigenvalue weighted by molar-refractivity contribution is 7.91. The first-order chi connectivity index (χ1) is 7.99. The molecule has 2 saturated heterocycles. The third-order valence-corrected chi connectivity index (χ3v) is 5.44. The number of amides is 1. The molecule has 0 spiro atoms. The molecule has 0 aliphatic carbocycles. The van der Waals surface area contributed by atoms with Crippen LogP contribution in [-0.4, -0.2) is 56.4 Å². The van der Waals surface area contributed by atoms with Gasteiger partial charge in [0, 0.05) is 18.5 Å². The summed E-state index contributed by atoms with van der Waals surface area (Å²) in [7, 11) is -2.94. The highest BCUT2D eigenvalue weighted by Gasteiger charge is 2.34. The summed E-state index contributed by atoms with van der Waals surface area (Å²) in [5, 5.41) is 3.23. The molecule has 2 aliphatic heterocycles. The van der Waals surface area contributed by atoms with Crippen molar-refractivity contribution in [1.82, 2.24) is 10.2 Å². The molecule has 98 valence electrons. The van der Waals surface area contributed by atoms with Crippen molar-refractivity contribution in [2.24, 2.45) is 5.92 Å². The smallest absolute Gasteiger partial charge is 0.226 e. The van der Waals surface area contributed by atoms with E-state index in [4.69, 9.17) is 0 Å².